The van der Waals surface area contributed by atoms with Crippen LogP contribution in [0.2, 0.25) is 18.6 Å². The molecule has 0 amide bonds. The Labute approximate surface area is 124 Å². The van der Waals surface area contributed by atoms with E-state index < -0.39 is 14.4 Å². The van der Waals surface area contributed by atoms with Crippen LogP contribution in [0.25, 0.3) is 0 Å². The van der Waals surface area contributed by atoms with Crippen molar-refractivity contribution in [3.8, 4) is 0 Å². The van der Waals surface area contributed by atoms with Crippen molar-refractivity contribution in [3.63, 3.8) is 0 Å². The van der Waals surface area contributed by atoms with Crippen LogP contribution >= 0.6 is 0 Å². The fourth-order valence-corrected chi connectivity index (χ4v) is 2.25. The number of aliphatic hydroxyl groups excluding tert-OH is 1. The third-order valence-electron chi connectivity index (χ3n) is 3.40. The topological polar surface area (TPSA) is 38.7 Å². The second-order valence-corrected chi connectivity index (χ2v) is 9.88. The van der Waals surface area contributed by atoms with E-state index >= 15 is 0 Å². The van der Waals surface area contributed by atoms with E-state index in [4.69, 9.17) is 9.16 Å². The summed E-state index contributed by atoms with van der Waals surface area (Å²) in [5, 5.41) is 9.77. The Morgan fingerprint density at radius 2 is 2.00 bits per heavy atom. The van der Waals surface area contributed by atoms with Crippen LogP contribution in [0.1, 0.15) is 20.8 Å². The molecule has 3 atom stereocenters. The number of rotatable bonds is 4. The van der Waals surface area contributed by atoms with Gasteiger partial charge in [0.05, 0.1) is 18.8 Å². The first-order chi connectivity index (χ1) is 6.84. The molecule has 0 aromatic carbocycles. The molecule has 1 saturated heterocycles. The van der Waals surface area contributed by atoms with Gasteiger partial charge in [0, 0.05) is 31.1 Å². The van der Waals surface area contributed by atoms with Crippen molar-refractivity contribution in [2.24, 2.45) is 5.92 Å². The zero-order valence-electron chi connectivity index (χ0n) is 10.9. The SMILES string of the molecule is CC1[CH-]OC(CO[Si](C)(C)C(C)C)C1O.[U]. The largest absolute Gasteiger partial charge is 0.546 e. The molecule has 94 valence electrons. The van der Waals surface area contributed by atoms with Crippen molar-refractivity contribution in [2.45, 2.75) is 51.6 Å². The molecule has 3 unspecified atom stereocenters. The zero-order chi connectivity index (χ0) is 11.6. The second kappa shape index (κ2) is 6.92. The molecule has 0 aromatic heterocycles. The van der Waals surface area contributed by atoms with Crippen molar-refractivity contribution in [1.82, 2.24) is 0 Å². The molecule has 3 nitrogen and oxygen atoms in total. The predicted octanol–water partition coefficient (Wildman–Crippen LogP) is 2.18. The molecule has 1 N–H and O–H groups in total. The molecule has 0 aliphatic carbocycles. The van der Waals surface area contributed by atoms with Crippen molar-refractivity contribution >= 4 is 8.32 Å². The van der Waals surface area contributed by atoms with E-state index in [9.17, 15) is 5.11 Å². The van der Waals surface area contributed by atoms with Gasteiger partial charge in [-0.05, 0) is 18.6 Å². The standard InChI is InChI=1S/C11H23O3Si.U/c1-8(2)15(4,5)14-7-10-11(12)9(3)6-13-10;/h6,8-12H,7H2,1-5H3;/q-1;. The summed E-state index contributed by atoms with van der Waals surface area (Å²) in [6, 6.07) is 0. The van der Waals surface area contributed by atoms with E-state index in [1.165, 1.54) is 0 Å². The predicted molar refractivity (Wildman–Crippen MR) is 62.9 cm³/mol. The Morgan fingerprint density at radius 1 is 1.44 bits per heavy atom. The monoisotopic (exact) mass is 469 g/mol. The van der Waals surface area contributed by atoms with Crippen LogP contribution < -0.4 is 0 Å². The Balaban J connectivity index is 0.00000225. The van der Waals surface area contributed by atoms with Crippen LogP contribution in [0, 0.1) is 43.6 Å². The quantitative estimate of drug-likeness (QED) is 0.507. The molecular formula is C11H23O3SiU-. The molecule has 0 aromatic rings. The van der Waals surface area contributed by atoms with Crippen molar-refractivity contribution in [2.75, 3.05) is 6.61 Å². The zero-order valence-corrected chi connectivity index (χ0v) is 16.0. The maximum atomic E-state index is 9.77. The first-order valence-corrected chi connectivity index (χ1v) is 8.64. The first kappa shape index (κ1) is 17.1. The van der Waals surface area contributed by atoms with Gasteiger partial charge in [0.25, 0.3) is 0 Å². The molecule has 16 heavy (non-hydrogen) atoms. The van der Waals surface area contributed by atoms with Crippen molar-refractivity contribution < 1.29 is 45.4 Å². The number of hydrogen-bond acceptors (Lipinski definition) is 3. The van der Waals surface area contributed by atoms with Crippen molar-refractivity contribution in [1.29, 1.82) is 0 Å². The Bertz CT molecular complexity index is 211. The van der Waals surface area contributed by atoms with Gasteiger partial charge in [-0.25, -0.2) is 6.61 Å². The normalized spacial score (nSPS) is 30.6. The van der Waals surface area contributed by atoms with E-state index in [0.717, 1.165) is 0 Å². The Morgan fingerprint density at radius 3 is 2.38 bits per heavy atom. The van der Waals surface area contributed by atoms with Crippen LogP contribution in [-0.4, -0.2) is 32.2 Å². The van der Waals surface area contributed by atoms with Gasteiger partial charge in [0.1, 0.15) is 0 Å². The summed E-state index contributed by atoms with van der Waals surface area (Å²) < 4.78 is 11.3. The molecule has 1 heterocycles. The first-order valence-electron chi connectivity index (χ1n) is 5.65. The molecule has 1 aliphatic rings. The van der Waals surface area contributed by atoms with Gasteiger partial charge in [-0.2, -0.15) is 0 Å². The second-order valence-electron chi connectivity index (χ2n) is 5.23. The van der Waals surface area contributed by atoms with Crippen LogP contribution in [0.5, 0.6) is 0 Å². The minimum atomic E-state index is -1.60. The molecule has 0 bridgehead atoms. The van der Waals surface area contributed by atoms with Crippen molar-refractivity contribution in [3.05, 3.63) is 6.61 Å². The molecular weight excluding hydrogens is 446 g/mol. The maximum Gasteiger partial charge on any atom is 0.189 e. The third kappa shape index (κ3) is 4.44. The van der Waals surface area contributed by atoms with E-state index in [1.807, 2.05) is 6.92 Å². The van der Waals surface area contributed by atoms with Crippen LogP contribution in [0.3, 0.4) is 0 Å². The third-order valence-corrected chi connectivity index (χ3v) is 7.09. The number of aliphatic hydroxyl groups is 1. The van der Waals surface area contributed by atoms with Gasteiger partial charge >= 0.3 is 0 Å². The molecule has 5 heteroatoms. The molecule has 1 aliphatic heterocycles. The summed E-state index contributed by atoms with van der Waals surface area (Å²) in [6.45, 7) is 13.0. The Hall–Kier alpha value is 1.15. The van der Waals surface area contributed by atoms with E-state index in [1.54, 1.807) is 6.61 Å². The van der Waals surface area contributed by atoms with Gasteiger partial charge in [-0.1, -0.05) is 20.8 Å². The number of hydrogen-bond donors (Lipinski definition) is 1. The average Bonchev–Trinajstić information content (AvgIpc) is 2.45. The van der Waals surface area contributed by atoms with E-state index in [0.29, 0.717) is 12.1 Å². The van der Waals surface area contributed by atoms with Gasteiger partial charge in [0.2, 0.25) is 0 Å². The maximum absolute atomic E-state index is 9.77. The number of ether oxygens (including phenoxy) is 1. The summed E-state index contributed by atoms with van der Waals surface area (Å²) in [5.41, 5.74) is 0.581. The van der Waals surface area contributed by atoms with E-state index in [-0.39, 0.29) is 43.1 Å². The summed E-state index contributed by atoms with van der Waals surface area (Å²) in [6.07, 6.45) is -0.590. The van der Waals surface area contributed by atoms with E-state index in [2.05, 4.69) is 26.9 Å². The minimum Gasteiger partial charge on any atom is -0.546 e. The molecule has 1 fully saturated rings. The van der Waals surface area contributed by atoms with Gasteiger partial charge in [-0.15, -0.1) is 5.92 Å². The Kier molecular flexibility index (Phi) is 7.41. The smallest absolute Gasteiger partial charge is 0.189 e. The summed E-state index contributed by atoms with van der Waals surface area (Å²) in [4.78, 5) is 0. The fourth-order valence-electron chi connectivity index (χ4n) is 1.33. The fraction of sp³-hybridized carbons (Fsp3) is 0.909. The van der Waals surface area contributed by atoms with Crippen LogP contribution in [0.4, 0.5) is 0 Å². The molecule has 0 spiro atoms. The van der Waals surface area contributed by atoms with Gasteiger partial charge in [-0.3, -0.25) is 0 Å². The van der Waals surface area contributed by atoms with Gasteiger partial charge in [0.15, 0.2) is 8.32 Å². The molecule has 1 rings (SSSR count). The van der Waals surface area contributed by atoms with Gasteiger partial charge < -0.3 is 14.3 Å². The summed E-state index contributed by atoms with van der Waals surface area (Å²) >= 11 is 0. The molecule has 0 radical (unpaired) electrons. The average molecular weight is 469 g/mol. The molecule has 0 saturated carbocycles. The summed E-state index contributed by atoms with van der Waals surface area (Å²) in [5.74, 6) is 0.113. The van der Waals surface area contributed by atoms with Crippen LogP contribution in [-0.2, 0) is 9.16 Å². The van der Waals surface area contributed by atoms with Crippen LogP contribution in [0.15, 0.2) is 0 Å². The minimum absolute atomic E-state index is 0. The summed E-state index contributed by atoms with van der Waals surface area (Å²) in [7, 11) is -1.60.